The lowest BCUT2D eigenvalue weighted by Crippen LogP contribution is -1.98. The molecule has 0 bridgehead atoms. The van der Waals surface area contributed by atoms with Gasteiger partial charge in [0.2, 0.25) is 0 Å². The van der Waals surface area contributed by atoms with Crippen LogP contribution in [-0.2, 0) is 9.53 Å². The Hall–Kier alpha value is -1.31. The number of hydrogen-bond acceptors (Lipinski definition) is 2. The van der Waals surface area contributed by atoms with Gasteiger partial charge in [0.05, 0.1) is 7.11 Å². The molecule has 2 heteroatoms. The van der Waals surface area contributed by atoms with E-state index in [9.17, 15) is 4.79 Å². The van der Waals surface area contributed by atoms with Crippen molar-refractivity contribution in [2.24, 2.45) is 0 Å². The second kappa shape index (κ2) is 18.7. The minimum Gasteiger partial charge on any atom is -0.469 e. The molecule has 0 aromatic carbocycles. The van der Waals surface area contributed by atoms with E-state index in [1.54, 1.807) is 0 Å². The van der Waals surface area contributed by atoms with Crippen molar-refractivity contribution in [1.29, 1.82) is 0 Å². The van der Waals surface area contributed by atoms with Crippen molar-refractivity contribution in [3.05, 3.63) is 36.5 Å². The molecule has 0 aromatic rings. The predicted octanol–water partition coefficient (Wildman–Crippen LogP) is 6.53. The first-order valence-electron chi connectivity index (χ1n) is 9.33. The van der Waals surface area contributed by atoms with Gasteiger partial charge in [0, 0.05) is 6.42 Å². The summed E-state index contributed by atoms with van der Waals surface area (Å²) >= 11 is 0. The third-order valence-electron chi connectivity index (χ3n) is 3.75. The normalized spacial score (nSPS) is 11.9. The Morgan fingerprint density at radius 3 is 1.87 bits per heavy atom. The van der Waals surface area contributed by atoms with Crippen molar-refractivity contribution >= 4 is 5.97 Å². The molecule has 0 heterocycles. The third kappa shape index (κ3) is 18.6. The highest BCUT2D eigenvalue weighted by molar-refractivity contribution is 5.68. The van der Waals surface area contributed by atoms with E-state index in [0.717, 1.165) is 25.7 Å². The summed E-state index contributed by atoms with van der Waals surface area (Å²) in [5, 5.41) is 0. The lowest BCUT2D eigenvalue weighted by Gasteiger charge is -1.97. The quantitative estimate of drug-likeness (QED) is 0.195. The van der Waals surface area contributed by atoms with Gasteiger partial charge >= 0.3 is 5.97 Å². The summed E-state index contributed by atoms with van der Waals surface area (Å²) < 4.78 is 4.60. The molecule has 0 fully saturated rings. The van der Waals surface area contributed by atoms with E-state index in [1.807, 2.05) is 0 Å². The highest BCUT2D eigenvalue weighted by Crippen LogP contribution is 2.07. The van der Waals surface area contributed by atoms with Gasteiger partial charge < -0.3 is 4.74 Å². The summed E-state index contributed by atoms with van der Waals surface area (Å²) in [6, 6.07) is 0. The van der Waals surface area contributed by atoms with Crippen LogP contribution in [0.15, 0.2) is 36.5 Å². The molecule has 0 aliphatic rings. The first-order chi connectivity index (χ1) is 11.3. The fourth-order valence-electron chi connectivity index (χ4n) is 2.29. The Morgan fingerprint density at radius 2 is 1.26 bits per heavy atom. The van der Waals surface area contributed by atoms with E-state index >= 15 is 0 Å². The number of hydrogen-bond donors (Lipinski definition) is 0. The number of carbonyl (C=O) groups excluding carboxylic acids is 1. The molecule has 0 unspecified atom stereocenters. The summed E-state index contributed by atoms with van der Waals surface area (Å²) in [7, 11) is 1.44. The molecule has 0 radical (unpaired) electrons. The van der Waals surface area contributed by atoms with E-state index in [-0.39, 0.29) is 5.97 Å². The number of esters is 1. The molecule has 2 nitrogen and oxygen atoms in total. The Kier molecular flexibility index (Phi) is 17.7. The van der Waals surface area contributed by atoms with Crippen LogP contribution in [0.3, 0.4) is 0 Å². The van der Waals surface area contributed by atoms with Gasteiger partial charge in [-0.05, 0) is 38.5 Å². The van der Waals surface area contributed by atoms with Gasteiger partial charge in [-0.1, -0.05) is 75.5 Å². The number of ether oxygens (including phenoxy) is 1. The first kappa shape index (κ1) is 21.7. The zero-order chi connectivity index (χ0) is 17.0. The van der Waals surface area contributed by atoms with Crippen molar-refractivity contribution in [1.82, 2.24) is 0 Å². The second-order valence-electron chi connectivity index (χ2n) is 5.91. The summed E-state index contributed by atoms with van der Waals surface area (Å²) in [5.41, 5.74) is 0. The first-order valence-corrected chi connectivity index (χ1v) is 9.33. The van der Waals surface area contributed by atoms with E-state index in [4.69, 9.17) is 0 Å². The Bertz CT molecular complexity index is 340. The van der Waals surface area contributed by atoms with Gasteiger partial charge in [-0.25, -0.2) is 0 Å². The minimum atomic E-state index is -0.119. The molecule has 0 aliphatic heterocycles. The highest BCUT2D eigenvalue weighted by Gasteiger charge is 1.96. The average molecular weight is 321 g/mol. The van der Waals surface area contributed by atoms with E-state index in [1.165, 1.54) is 52.1 Å². The van der Waals surface area contributed by atoms with Crippen molar-refractivity contribution in [3.63, 3.8) is 0 Å². The van der Waals surface area contributed by atoms with Gasteiger partial charge in [-0.3, -0.25) is 4.79 Å². The smallest absolute Gasteiger partial charge is 0.305 e. The summed E-state index contributed by atoms with van der Waals surface area (Å²) in [5.74, 6) is -0.119. The van der Waals surface area contributed by atoms with Gasteiger partial charge in [0.25, 0.3) is 0 Å². The maximum Gasteiger partial charge on any atom is 0.305 e. The fraction of sp³-hybridized carbons (Fsp3) is 0.667. The zero-order valence-electron chi connectivity index (χ0n) is 15.3. The van der Waals surface area contributed by atoms with Crippen molar-refractivity contribution < 1.29 is 9.53 Å². The maximum atomic E-state index is 10.9. The fourth-order valence-corrected chi connectivity index (χ4v) is 2.29. The lowest BCUT2D eigenvalue weighted by molar-refractivity contribution is -0.140. The predicted molar refractivity (Wildman–Crippen MR) is 101 cm³/mol. The van der Waals surface area contributed by atoms with Crippen LogP contribution < -0.4 is 0 Å². The molecule has 0 spiro atoms. The lowest BCUT2D eigenvalue weighted by atomic mass is 10.1. The zero-order valence-corrected chi connectivity index (χ0v) is 15.3. The Morgan fingerprint density at radius 1 is 0.739 bits per heavy atom. The number of methoxy groups -OCH3 is 1. The van der Waals surface area contributed by atoms with Crippen LogP contribution in [0.5, 0.6) is 0 Å². The number of rotatable bonds is 15. The monoisotopic (exact) mass is 320 g/mol. The van der Waals surface area contributed by atoms with Crippen LogP contribution in [0.2, 0.25) is 0 Å². The molecule has 0 saturated heterocycles. The largest absolute Gasteiger partial charge is 0.469 e. The van der Waals surface area contributed by atoms with Crippen LogP contribution in [0, 0.1) is 0 Å². The van der Waals surface area contributed by atoms with Crippen LogP contribution in [0.25, 0.3) is 0 Å². The molecule has 0 amide bonds. The summed E-state index contributed by atoms with van der Waals surface area (Å²) in [6.45, 7) is 2.26. The molecule has 0 aliphatic carbocycles. The molecular formula is C21H36O2. The molecule has 132 valence electrons. The summed E-state index contributed by atoms with van der Waals surface area (Å²) in [6.07, 6.45) is 27.1. The minimum absolute atomic E-state index is 0.119. The standard InChI is InChI=1S/C21H36O2/c1-3-4-5-6-7-8-9-10-11-12-13-14-15-16-17-18-19-20-21(22)23-2/h10-11,13-14,16-17H,3-9,12,15,18-20H2,1-2H3/b11-10+,14-13+,17-16-. The molecule has 0 aromatic heterocycles. The van der Waals surface area contributed by atoms with E-state index in [2.05, 4.69) is 48.1 Å². The van der Waals surface area contributed by atoms with Crippen LogP contribution in [0.4, 0.5) is 0 Å². The average Bonchev–Trinajstić information content (AvgIpc) is 2.57. The number of allylic oxidation sites excluding steroid dienone is 6. The van der Waals surface area contributed by atoms with Gasteiger partial charge in [0.1, 0.15) is 0 Å². The Balaban J connectivity index is 3.33. The van der Waals surface area contributed by atoms with Crippen LogP contribution in [-0.4, -0.2) is 13.1 Å². The van der Waals surface area contributed by atoms with Gasteiger partial charge in [0.15, 0.2) is 0 Å². The molecule has 23 heavy (non-hydrogen) atoms. The SMILES string of the molecule is CCCCCCCC/C=C/C/C=C/C/C=C\CCCC(=O)OC. The topological polar surface area (TPSA) is 26.3 Å². The van der Waals surface area contributed by atoms with Crippen molar-refractivity contribution in [2.75, 3.05) is 7.11 Å². The molecule has 0 rings (SSSR count). The molecule has 0 N–H and O–H groups in total. The molecule has 0 atom stereocenters. The van der Waals surface area contributed by atoms with E-state index < -0.39 is 0 Å². The van der Waals surface area contributed by atoms with Crippen LogP contribution in [0.1, 0.15) is 84.0 Å². The summed E-state index contributed by atoms with van der Waals surface area (Å²) in [4.78, 5) is 10.9. The number of unbranched alkanes of at least 4 members (excludes halogenated alkanes) is 7. The van der Waals surface area contributed by atoms with Crippen molar-refractivity contribution in [3.8, 4) is 0 Å². The van der Waals surface area contributed by atoms with Gasteiger partial charge in [-0.15, -0.1) is 0 Å². The molecule has 0 saturated carbocycles. The second-order valence-corrected chi connectivity index (χ2v) is 5.91. The Labute approximate surface area is 143 Å². The number of carbonyl (C=O) groups is 1. The third-order valence-corrected chi connectivity index (χ3v) is 3.75. The maximum absolute atomic E-state index is 10.9. The van der Waals surface area contributed by atoms with Crippen LogP contribution >= 0.6 is 0 Å². The van der Waals surface area contributed by atoms with E-state index in [0.29, 0.717) is 6.42 Å². The highest BCUT2D eigenvalue weighted by atomic mass is 16.5. The van der Waals surface area contributed by atoms with Gasteiger partial charge in [-0.2, -0.15) is 0 Å². The molecular weight excluding hydrogens is 284 g/mol. The van der Waals surface area contributed by atoms with Crippen molar-refractivity contribution in [2.45, 2.75) is 84.0 Å².